The van der Waals surface area contributed by atoms with Crippen molar-refractivity contribution < 1.29 is 9.59 Å². The standard InChI is InChI=1S/C29H34N2O2/c1-4-17-30-29(33)27(19-24-11-7-5-8-12-24)31(21-25-13-9-6-10-14-25)28(32)20-26-18-22(2)15-16-23(26)3/h5-16,18,27H,4,17,19-21H2,1-3H3,(H,30,33)/t27-/m0/s1. The summed E-state index contributed by atoms with van der Waals surface area (Å²) in [5.74, 6) is -0.147. The summed E-state index contributed by atoms with van der Waals surface area (Å²) in [5, 5.41) is 3.03. The topological polar surface area (TPSA) is 49.4 Å². The molecule has 33 heavy (non-hydrogen) atoms. The van der Waals surface area contributed by atoms with Crippen LogP contribution in [0.5, 0.6) is 0 Å². The fraction of sp³-hybridized carbons (Fsp3) is 0.310. The molecular weight excluding hydrogens is 408 g/mol. The Labute approximate surface area is 197 Å². The number of nitrogens with zero attached hydrogens (tertiary/aromatic N) is 1. The van der Waals surface area contributed by atoms with Crippen LogP contribution in [-0.4, -0.2) is 29.3 Å². The van der Waals surface area contributed by atoms with Gasteiger partial charge in [-0.3, -0.25) is 9.59 Å². The van der Waals surface area contributed by atoms with Crippen LogP contribution < -0.4 is 5.32 Å². The molecular formula is C29H34N2O2. The number of hydrogen-bond acceptors (Lipinski definition) is 2. The molecule has 0 aromatic heterocycles. The lowest BCUT2D eigenvalue weighted by Gasteiger charge is -2.32. The molecule has 0 fully saturated rings. The lowest BCUT2D eigenvalue weighted by Crippen LogP contribution is -2.51. The van der Waals surface area contributed by atoms with Gasteiger partial charge in [0.15, 0.2) is 0 Å². The van der Waals surface area contributed by atoms with E-state index in [0.717, 1.165) is 34.2 Å². The van der Waals surface area contributed by atoms with Crippen LogP contribution in [0.25, 0.3) is 0 Å². The highest BCUT2D eigenvalue weighted by Crippen LogP contribution is 2.18. The van der Waals surface area contributed by atoms with Crippen LogP contribution >= 0.6 is 0 Å². The molecule has 0 radical (unpaired) electrons. The van der Waals surface area contributed by atoms with Crippen LogP contribution in [0.3, 0.4) is 0 Å². The molecule has 0 heterocycles. The van der Waals surface area contributed by atoms with Crippen LogP contribution in [0.1, 0.15) is 41.2 Å². The third-order valence-electron chi connectivity index (χ3n) is 5.86. The number of rotatable bonds is 10. The van der Waals surface area contributed by atoms with Crippen LogP contribution in [0, 0.1) is 13.8 Å². The minimum atomic E-state index is -0.586. The molecule has 0 aliphatic rings. The maximum atomic E-state index is 13.7. The lowest BCUT2D eigenvalue weighted by molar-refractivity contribution is -0.140. The van der Waals surface area contributed by atoms with Crippen molar-refractivity contribution in [3.8, 4) is 0 Å². The van der Waals surface area contributed by atoms with Gasteiger partial charge in [-0.2, -0.15) is 0 Å². The molecule has 0 unspecified atom stereocenters. The summed E-state index contributed by atoms with van der Waals surface area (Å²) in [6.45, 7) is 7.07. The Morgan fingerprint density at radius 2 is 1.52 bits per heavy atom. The first-order valence-electron chi connectivity index (χ1n) is 11.7. The summed E-state index contributed by atoms with van der Waals surface area (Å²) >= 11 is 0. The molecule has 0 aliphatic carbocycles. The number of aryl methyl sites for hydroxylation is 2. The zero-order chi connectivity index (χ0) is 23.6. The van der Waals surface area contributed by atoms with Crippen molar-refractivity contribution in [2.75, 3.05) is 6.54 Å². The molecule has 1 atom stereocenters. The van der Waals surface area contributed by atoms with Gasteiger partial charge in [-0.25, -0.2) is 0 Å². The minimum absolute atomic E-state index is 0.0415. The quantitative estimate of drug-likeness (QED) is 0.480. The van der Waals surface area contributed by atoms with Crippen molar-refractivity contribution in [2.24, 2.45) is 0 Å². The minimum Gasteiger partial charge on any atom is -0.354 e. The zero-order valence-electron chi connectivity index (χ0n) is 19.9. The van der Waals surface area contributed by atoms with E-state index < -0.39 is 6.04 Å². The molecule has 3 aromatic carbocycles. The van der Waals surface area contributed by atoms with Gasteiger partial charge in [-0.15, -0.1) is 0 Å². The van der Waals surface area contributed by atoms with Gasteiger partial charge in [-0.1, -0.05) is 91.3 Å². The summed E-state index contributed by atoms with van der Waals surface area (Å²) in [6.07, 6.45) is 1.59. The molecule has 172 valence electrons. The number of benzene rings is 3. The van der Waals surface area contributed by atoms with Crippen molar-refractivity contribution >= 4 is 11.8 Å². The second-order valence-corrected chi connectivity index (χ2v) is 8.61. The maximum Gasteiger partial charge on any atom is 0.243 e. The van der Waals surface area contributed by atoms with E-state index in [4.69, 9.17) is 0 Å². The van der Waals surface area contributed by atoms with Crippen molar-refractivity contribution in [1.82, 2.24) is 10.2 Å². The Hall–Kier alpha value is -3.40. The fourth-order valence-corrected chi connectivity index (χ4v) is 3.96. The summed E-state index contributed by atoms with van der Waals surface area (Å²) in [4.78, 5) is 28.8. The van der Waals surface area contributed by atoms with Crippen LogP contribution in [-0.2, 0) is 29.0 Å². The number of carbonyl (C=O) groups excluding carboxylic acids is 2. The predicted molar refractivity (Wildman–Crippen MR) is 134 cm³/mol. The van der Waals surface area contributed by atoms with E-state index >= 15 is 0 Å². The first-order valence-corrected chi connectivity index (χ1v) is 11.7. The smallest absolute Gasteiger partial charge is 0.243 e. The van der Waals surface area contributed by atoms with Crippen molar-refractivity contribution in [3.63, 3.8) is 0 Å². The summed E-state index contributed by atoms with van der Waals surface area (Å²) in [5.41, 5.74) is 5.26. The van der Waals surface area contributed by atoms with Gasteiger partial charge in [0.05, 0.1) is 6.42 Å². The van der Waals surface area contributed by atoms with Crippen molar-refractivity contribution in [1.29, 1.82) is 0 Å². The third-order valence-corrected chi connectivity index (χ3v) is 5.86. The number of carbonyl (C=O) groups is 2. The van der Waals surface area contributed by atoms with E-state index in [1.807, 2.05) is 81.4 Å². The Morgan fingerprint density at radius 1 is 0.879 bits per heavy atom. The van der Waals surface area contributed by atoms with Gasteiger partial charge < -0.3 is 10.2 Å². The maximum absolute atomic E-state index is 13.7. The van der Waals surface area contributed by atoms with E-state index in [1.54, 1.807) is 4.90 Å². The van der Waals surface area contributed by atoms with Gasteiger partial charge in [0.2, 0.25) is 11.8 Å². The van der Waals surface area contributed by atoms with Crippen molar-refractivity contribution in [2.45, 2.75) is 52.6 Å². The predicted octanol–water partition coefficient (Wildman–Crippen LogP) is 5.01. The van der Waals surface area contributed by atoms with Gasteiger partial charge in [0.1, 0.15) is 6.04 Å². The summed E-state index contributed by atoms with van der Waals surface area (Å²) in [6, 6.07) is 25.4. The Balaban J connectivity index is 1.96. The average molecular weight is 443 g/mol. The van der Waals surface area contributed by atoms with Gasteiger partial charge >= 0.3 is 0 Å². The molecule has 3 aromatic rings. The molecule has 3 rings (SSSR count). The highest BCUT2D eigenvalue weighted by molar-refractivity contribution is 5.89. The lowest BCUT2D eigenvalue weighted by atomic mass is 9.99. The third kappa shape index (κ3) is 7.04. The average Bonchev–Trinajstić information content (AvgIpc) is 2.83. The van der Waals surface area contributed by atoms with Gasteiger partial charge in [-0.05, 0) is 42.5 Å². The van der Waals surface area contributed by atoms with E-state index in [9.17, 15) is 9.59 Å². The van der Waals surface area contributed by atoms with Crippen molar-refractivity contribution in [3.05, 3.63) is 107 Å². The Kier molecular flexibility index (Phi) is 8.82. The highest BCUT2D eigenvalue weighted by Gasteiger charge is 2.30. The SMILES string of the molecule is CCCNC(=O)[C@H](Cc1ccccc1)N(Cc1ccccc1)C(=O)Cc1cc(C)ccc1C. The number of hydrogen-bond donors (Lipinski definition) is 1. The normalized spacial score (nSPS) is 11.6. The fourth-order valence-electron chi connectivity index (χ4n) is 3.96. The van der Waals surface area contributed by atoms with E-state index in [0.29, 0.717) is 19.5 Å². The Bertz CT molecular complexity index is 1050. The first kappa shape index (κ1) is 24.2. The van der Waals surface area contributed by atoms with Crippen LogP contribution in [0.2, 0.25) is 0 Å². The summed E-state index contributed by atoms with van der Waals surface area (Å²) < 4.78 is 0. The largest absolute Gasteiger partial charge is 0.354 e. The van der Waals surface area contributed by atoms with Crippen LogP contribution in [0.4, 0.5) is 0 Å². The first-order chi connectivity index (χ1) is 16.0. The second-order valence-electron chi connectivity index (χ2n) is 8.61. The molecule has 0 spiro atoms. The molecule has 0 saturated heterocycles. The summed E-state index contributed by atoms with van der Waals surface area (Å²) in [7, 11) is 0. The van der Waals surface area contributed by atoms with Gasteiger partial charge in [0, 0.05) is 19.5 Å². The van der Waals surface area contributed by atoms with Gasteiger partial charge in [0.25, 0.3) is 0 Å². The molecule has 0 saturated carbocycles. The molecule has 4 nitrogen and oxygen atoms in total. The zero-order valence-corrected chi connectivity index (χ0v) is 19.9. The number of nitrogens with one attached hydrogen (secondary N) is 1. The molecule has 0 bridgehead atoms. The van der Waals surface area contributed by atoms with E-state index in [1.165, 1.54) is 0 Å². The van der Waals surface area contributed by atoms with Crippen LogP contribution in [0.15, 0.2) is 78.9 Å². The van der Waals surface area contributed by atoms with E-state index in [2.05, 4.69) is 23.5 Å². The monoisotopic (exact) mass is 442 g/mol. The second kappa shape index (κ2) is 12.0. The molecule has 0 aliphatic heterocycles. The van der Waals surface area contributed by atoms with E-state index in [-0.39, 0.29) is 18.2 Å². The molecule has 2 amide bonds. The highest BCUT2D eigenvalue weighted by atomic mass is 16.2. The molecule has 1 N–H and O–H groups in total. The molecule has 4 heteroatoms. The number of amides is 2. The Morgan fingerprint density at radius 3 is 2.15 bits per heavy atom.